The minimum atomic E-state index is -1.64. The molecule has 3 aromatic rings. The third kappa shape index (κ3) is 3.16. The number of aromatic nitrogens is 3. The molecule has 26 heavy (non-hydrogen) atoms. The first-order valence-electron chi connectivity index (χ1n) is 8.13. The number of halogens is 2. The second-order valence-electron chi connectivity index (χ2n) is 6.37. The van der Waals surface area contributed by atoms with Crippen LogP contribution in [0.5, 0.6) is 0 Å². The van der Waals surface area contributed by atoms with Crippen LogP contribution in [0, 0.1) is 11.6 Å². The van der Waals surface area contributed by atoms with Gasteiger partial charge in [0.15, 0.2) is 0 Å². The highest BCUT2D eigenvalue weighted by Crippen LogP contribution is 2.31. The third-order valence-electron chi connectivity index (χ3n) is 4.43. The standard InChI is InChI=1S/C18H17F2N5O/c19-14-5-6-15(16(20)7-14)18(26,10-25-12-21-11-22-25)9-24-8-13-3-1-2-4-17(13)23-24/h1-7,11-12,23,26H,8-10H2. The van der Waals surface area contributed by atoms with Gasteiger partial charge in [0, 0.05) is 18.2 Å². The van der Waals surface area contributed by atoms with E-state index in [1.165, 1.54) is 23.4 Å². The maximum absolute atomic E-state index is 14.4. The number of hydrogen-bond acceptors (Lipinski definition) is 5. The summed E-state index contributed by atoms with van der Waals surface area (Å²) in [6.07, 6.45) is 2.78. The number of benzene rings is 2. The van der Waals surface area contributed by atoms with Gasteiger partial charge in [-0.3, -0.25) is 0 Å². The fraction of sp³-hybridized carbons (Fsp3) is 0.222. The van der Waals surface area contributed by atoms with E-state index in [1.54, 1.807) is 5.01 Å². The van der Waals surface area contributed by atoms with Gasteiger partial charge in [0.05, 0.1) is 18.8 Å². The smallest absolute Gasteiger partial charge is 0.137 e. The summed E-state index contributed by atoms with van der Waals surface area (Å²) in [5.41, 5.74) is 3.59. The second kappa shape index (κ2) is 6.47. The Morgan fingerprint density at radius 3 is 2.73 bits per heavy atom. The van der Waals surface area contributed by atoms with Gasteiger partial charge in [-0.25, -0.2) is 23.5 Å². The zero-order valence-electron chi connectivity index (χ0n) is 13.8. The Hall–Kier alpha value is -2.84. The average Bonchev–Trinajstić information content (AvgIpc) is 3.23. The van der Waals surface area contributed by atoms with Crippen LogP contribution in [-0.4, -0.2) is 31.4 Å². The lowest BCUT2D eigenvalue weighted by molar-refractivity contribution is -0.0160. The SMILES string of the molecule is OC(CN1Cc2ccccc2N1)(Cn1cncn1)c1ccc(F)cc1F. The molecule has 1 unspecified atom stereocenters. The minimum Gasteiger partial charge on any atom is -0.382 e. The van der Waals surface area contributed by atoms with Crippen molar-refractivity contribution in [2.45, 2.75) is 18.7 Å². The minimum absolute atomic E-state index is 0.00663. The summed E-state index contributed by atoms with van der Waals surface area (Å²) in [7, 11) is 0. The van der Waals surface area contributed by atoms with Crippen molar-refractivity contribution in [3.05, 3.63) is 77.9 Å². The fourth-order valence-electron chi connectivity index (χ4n) is 3.26. The molecular formula is C18H17F2N5O. The Labute approximate surface area is 148 Å². The second-order valence-corrected chi connectivity index (χ2v) is 6.37. The molecule has 0 bridgehead atoms. The first-order chi connectivity index (χ1) is 12.5. The Morgan fingerprint density at radius 1 is 1.15 bits per heavy atom. The van der Waals surface area contributed by atoms with E-state index >= 15 is 0 Å². The molecule has 0 radical (unpaired) electrons. The van der Waals surface area contributed by atoms with Crippen molar-refractivity contribution in [1.29, 1.82) is 0 Å². The van der Waals surface area contributed by atoms with Crippen molar-refractivity contribution >= 4 is 5.69 Å². The quantitative estimate of drug-likeness (QED) is 0.733. The van der Waals surface area contributed by atoms with Gasteiger partial charge >= 0.3 is 0 Å². The molecule has 2 N–H and O–H groups in total. The topological polar surface area (TPSA) is 66.2 Å². The first-order valence-corrected chi connectivity index (χ1v) is 8.13. The average molecular weight is 357 g/mol. The van der Waals surface area contributed by atoms with Gasteiger partial charge in [0.2, 0.25) is 0 Å². The molecule has 1 aliphatic heterocycles. The highest BCUT2D eigenvalue weighted by atomic mass is 19.1. The number of hydrogen-bond donors (Lipinski definition) is 2. The molecule has 1 aromatic heterocycles. The number of aliphatic hydroxyl groups is 1. The Balaban J connectivity index is 1.65. The number of nitrogens with one attached hydrogen (secondary N) is 1. The molecule has 0 saturated heterocycles. The molecular weight excluding hydrogens is 340 g/mol. The zero-order valence-corrected chi connectivity index (χ0v) is 13.8. The highest BCUT2D eigenvalue weighted by molar-refractivity contribution is 5.53. The Kier molecular flexibility index (Phi) is 4.14. The van der Waals surface area contributed by atoms with Crippen LogP contribution in [-0.2, 0) is 18.7 Å². The van der Waals surface area contributed by atoms with E-state index in [-0.39, 0.29) is 18.7 Å². The lowest BCUT2D eigenvalue weighted by Gasteiger charge is -2.33. The summed E-state index contributed by atoms with van der Waals surface area (Å²) in [5, 5.41) is 17.1. The van der Waals surface area contributed by atoms with Crippen molar-refractivity contribution in [1.82, 2.24) is 19.8 Å². The number of anilines is 1. The van der Waals surface area contributed by atoms with Crippen LogP contribution in [0.15, 0.2) is 55.1 Å². The van der Waals surface area contributed by atoms with E-state index in [0.29, 0.717) is 6.54 Å². The van der Waals surface area contributed by atoms with Crippen LogP contribution in [0.25, 0.3) is 0 Å². The normalized spacial score (nSPS) is 16.1. The number of hydrazine groups is 1. The van der Waals surface area contributed by atoms with Crippen molar-refractivity contribution in [2.75, 3.05) is 12.0 Å². The fourth-order valence-corrected chi connectivity index (χ4v) is 3.26. The first kappa shape index (κ1) is 16.6. The van der Waals surface area contributed by atoms with Crippen LogP contribution in [0.3, 0.4) is 0 Å². The molecule has 2 aromatic carbocycles. The maximum atomic E-state index is 14.4. The summed E-state index contributed by atoms with van der Waals surface area (Å²) in [6, 6.07) is 10.9. The largest absolute Gasteiger partial charge is 0.382 e. The number of β-amino-alcohol motifs (C(OH)–C–C–N with tert-alkyl or cyclic N) is 1. The van der Waals surface area contributed by atoms with Crippen LogP contribution >= 0.6 is 0 Å². The molecule has 0 spiro atoms. The molecule has 0 amide bonds. The summed E-state index contributed by atoms with van der Waals surface area (Å²) in [5.74, 6) is -1.50. The molecule has 6 nitrogen and oxygen atoms in total. The van der Waals surface area contributed by atoms with Gasteiger partial charge in [-0.1, -0.05) is 24.3 Å². The predicted molar refractivity (Wildman–Crippen MR) is 90.8 cm³/mol. The van der Waals surface area contributed by atoms with Gasteiger partial charge in [-0.15, -0.1) is 0 Å². The zero-order chi connectivity index (χ0) is 18.1. The number of fused-ring (bicyclic) bond motifs is 1. The third-order valence-corrected chi connectivity index (χ3v) is 4.43. The van der Waals surface area contributed by atoms with Crippen molar-refractivity contribution in [2.24, 2.45) is 0 Å². The van der Waals surface area contributed by atoms with Crippen LogP contribution in [0.2, 0.25) is 0 Å². The monoisotopic (exact) mass is 357 g/mol. The van der Waals surface area contributed by atoms with E-state index < -0.39 is 17.2 Å². The summed E-state index contributed by atoms with van der Waals surface area (Å²) in [4.78, 5) is 3.86. The Morgan fingerprint density at radius 2 is 2.00 bits per heavy atom. The van der Waals surface area contributed by atoms with E-state index in [1.807, 2.05) is 24.3 Å². The van der Waals surface area contributed by atoms with Gasteiger partial charge in [-0.05, 0) is 17.7 Å². The molecule has 0 aliphatic carbocycles. The van der Waals surface area contributed by atoms with Gasteiger partial charge in [0.1, 0.15) is 29.9 Å². The van der Waals surface area contributed by atoms with E-state index in [9.17, 15) is 13.9 Å². The molecule has 1 atom stereocenters. The molecule has 4 rings (SSSR count). The van der Waals surface area contributed by atoms with Gasteiger partial charge < -0.3 is 10.5 Å². The lowest BCUT2D eigenvalue weighted by Crippen LogP contribution is -2.45. The van der Waals surface area contributed by atoms with Crippen LogP contribution in [0.4, 0.5) is 14.5 Å². The Bertz CT molecular complexity index is 893. The number of nitrogens with zero attached hydrogens (tertiary/aromatic N) is 4. The van der Waals surface area contributed by atoms with Crippen LogP contribution < -0.4 is 5.43 Å². The molecule has 0 fully saturated rings. The number of rotatable bonds is 5. The van der Waals surface area contributed by atoms with Crippen molar-refractivity contribution in [3.8, 4) is 0 Å². The van der Waals surface area contributed by atoms with E-state index in [4.69, 9.17) is 0 Å². The number of para-hydroxylation sites is 1. The molecule has 8 heteroatoms. The van der Waals surface area contributed by atoms with Crippen molar-refractivity contribution < 1.29 is 13.9 Å². The molecule has 2 heterocycles. The lowest BCUT2D eigenvalue weighted by atomic mass is 9.92. The molecule has 1 aliphatic rings. The van der Waals surface area contributed by atoms with Gasteiger partial charge in [-0.2, -0.15) is 5.10 Å². The summed E-state index contributed by atoms with van der Waals surface area (Å²) >= 11 is 0. The molecule has 0 saturated carbocycles. The van der Waals surface area contributed by atoms with E-state index in [0.717, 1.165) is 23.4 Å². The summed E-state index contributed by atoms with van der Waals surface area (Å²) < 4.78 is 29.2. The van der Waals surface area contributed by atoms with Gasteiger partial charge in [0.25, 0.3) is 0 Å². The summed E-state index contributed by atoms with van der Waals surface area (Å²) in [6.45, 7) is 0.604. The highest BCUT2D eigenvalue weighted by Gasteiger charge is 2.37. The van der Waals surface area contributed by atoms with Crippen LogP contribution in [0.1, 0.15) is 11.1 Å². The van der Waals surface area contributed by atoms with E-state index in [2.05, 4.69) is 15.5 Å². The maximum Gasteiger partial charge on any atom is 0.137 e. The molecule has 134 valence electrons. The van der Waals surface area contributed by atoms with Crippen molar-refractivity contribution in [3.63, 3.8) is 0 Å². The predicted octanol–water partition coefficient (Wildman–Crippen LogP) is 2.29.